The third-order valence-corrected chi connectivity index (χ3v) is 3.54. The van der Waals surface area contributed by atoms with Gasteiger partial charge in [0.1, 0.15) is 0 Å². The molecule has 0 aromatic rings. The number of aliphatic hydroxyl groups is 1. The van der Waals surface area contributed by atoms with Gasteiger partial charge in [0.15, 0.2) is 5.96 Å². The van der Waals surface area contributed by atoms with Gasteiger partial charge >= 0.3 is 0 Å². The van der Waals surface area contributed by atoms with E-state index in [1.807, 2.05) is 0 Å². The molecule has 124 valence electrons. The van der Waals surface area contributed by atoms with Crippen LogP contribution in [0.3, 0.4) is 0 Å². The molecule has 0 radical (unpaired) electrons. The maximum atomic E-state index is 9.16. The van der Waals surface area contributed by atoms with Crippen LogP contribution in [-0.4, -0.2) is 36.8 Å². The molecule has 0 fully saturated rings. The molecule has 0 aromatic carbocycles. The van der Waals surface area contributed by atoms with Gasteiger partial charge in [-0.05, 0) is 44.4 Å². The van der Waals surface area contributed by atoms with E-state index in [-0.39, 0.29) is 30.6 Å². The predicted octanol–water partition coefficient (Wildman–Crippen LogP) is 2.92. The van der Waals surface area contributed by atoms with Crippen molar-refractivity contribution in [3.8, 4) is 0 Å². The molecule has 0 aliphatic heterocycles. The Morgan fingerprint density at radius 3 is 2.52 bits per heavy atom. The van der Waals surface area contributed by atoms with Gasteiger partial charge in [0, 0.05) is 25.7 Å². The first-order valence-corrected chi connectivity index (χ1v) is 7.96. The van der Waals surface area contributed by atoms with E-state index < -0.39 is 0 Å². The largest absolute Gasteiger partial charge is 0.396 e. The normalized spacial score (nSPS) is 16.9. The molecule has 21 heavy (non-hydrogen) atoms. The summed E-state index contributed by atoms with van der Waals surface area (Å²) in [6, 6.07) is 0.481. The summed E-state index contributed by atoms with van der Waals surface area (Å²) in [7, 11) is 0. The third-order valence-electron chi connectivity index (χ3n) is 3.54. The van der Waals surface area contributed by atoms with Crippen molar-refractivity contribution < 1.29 is 5.11 Å². The summed E-state index contributed by atoms with van der Waals surface area (Å²) in [6.45, 7) is 8.45. The van der Waals surface area contributed by atoms with E-state index in [1.54, 1.807) is 0 Å². The summed E-state index contributed by atoms with van der Waals surface area (Å²) in [5, 5.41) is 16.0. The highest BCUT2D eigenvalue weighted by molar-refractivity contribution is 14.0. The Bertz CT molecular complexity index is 311. The van der Waals surface area contributed by atoms with E-state index in [0.717, 1.165) is 44.7 Å². The molecule has 0 spiro atoms. The van der Waals surface area contributed by atoms with Crippen LogP contribution in [0.25, 0.3) is 0 Å². The van der Waals surface area contributed by atoms with Crippen LogP contribution in [0.1, 0.15) is 46.5 Å². The summed E-state index contributed by atoms with van der Waals surface area (Å²) in [5.74, 6) is 2.03. The molecule has 0 heterocycles. The zero-order valence-electron chi connectivity index (χ0n) is 13.6. The smallest absolute Gasteiger partial charge is 0.191 e. The molecule has 1 unspecified atom stereocenters. The van der Waals surface area contributed by atoms with Crippen molar-refractivity contribution >= 4 is 29.9 Å². The first-order valence-electron chi connectivity index (χ1n) is 7.96. The molecule has 3 N–H and O–H groups in total. The Morgan fingerprint density at radius 1 is 1.33 bits per heavy atom. The fraction of sp³-hybridized carbons (Fsp3) is 0.812. The molecule has 0 saturated carbocycles. The minimum Gasteiger partial charge on any atom is -0.396 e. The molecule has 0 bridgehead atoms. The Hall–Kier alpha value is -0.300. The van der Waals surface area contributed by atoms with Crippen molar-refractivity contribution in [1.29, 1.82) is 0 Å². The monoisotopic (exact) mass is 409 g/mol. The van der Waals surface area contributed by atoms with Gasteiger partial charge in [-0.25, -0.2) is 0 Å². The van der Waals surface area contributed by atoms with E-state index >= 15 is 0 Å². The van der Waals surface area contributed by atoms with Crippen molar-refractivity contribution in [2.45, 2.75) is 52.5 Å². The highest BCUT2D eigenvalue weighted by Gasteiger charge is 2.13. The van der Waals surface area contributed by atoms with E-state index in [4.69, 9.17) is 10.1 Å². The molecule has 1 atom stereocenters. The van der Waals surface area contributed by atoms with Gasteiger partial charge in [0.05, 0.1) is 0 Å². The molecule has 1 aliphatic rings. The number of guanidine groups is 1. The first kappa shape index (κ1) is 20.7. The Kier molecular flexibility index (Phi) is 12.1. The number of aliphatic hydroxyl groups excluding tert-OH is 1. The Balaban J connectivity index is 0.00000400. The number of hydrogen-bond donors (Lipinski definition) is 3. The molecule has 0 saturated heterocycles. The molecule has 1 aliphatic carbocycles. The molecular formula is C16H32IN3O. The fourth-order valence-corrected chi connectivity index (χ4v) is 2.60. The summed E-state index contributed by atoms with van der Waals surface area (Å²) < 4.78 is 0. The van der Waals surface area contributed by atoms with Crippen molar-refractivity contribution in [2.75, 3.05) is 19.7 Å². The number of nitrogens with zero attached hydrogens (tertiary/aromatic N) is 1. The second kappa shape index (κ2) is 12.3. The second-order valence-electron chi connectivity index (χ2n) is 6.01. The highest BCUT2D eigenvalue weighted by atomic mass is 127. The summed E-state index contributed by atoms with van der Waals surface area (Å²) in [4.78, 5) is 4.70. The number of nitrogens with one attached hydrogen (secondary N) is 2. The van der Waals surface area contributed by atoms with E-state index in [2.05, 4.69) is 43.6 Å². The third kappa shape index (κ3) is 9.34. The van der Waals surface area contributed by atoms with Gasteiger partial charge in [-0.2, -0.15) is 0 Å². The lowest BCUT2D eigenvalue weighted by Crippen LogP contribution is -2.42. The number of rotatable bonds is 8. The van der Waals surface area contributed by atoms with E-state index in [0.29, 0.717) is 17.9 Å². The lowest BCUT2D eigenvalue weighted by atomic mass is 9.94. The predicted molar refractivity (Wildman–Crippen MR) is 101 cm³/mol. The molecule has 4 nitrogen and oxygen atoms in total. The fourth-order valence-electron chi connectivity index (χ4n) is 2.60. The maximum absolute atomic E-state index is 9.16. The van der Waals surface area contributed by atoms with Crippen LogP contribution in [0.2, 0.25) is 0 Å². The minimum atomic E-state index is 0. The topological polar surface area (TPSA) is 56.7 Å². The number of halogens is 1. The summed E-state index contributed by atoms with van der Waals surface area (Å²) >= 11 is 0. The average molecular weight is 409 g/mol. The van der Waals surface area contributed by atoms with Gasteiger partial charge < -0.3 is 15.7 Å². The summed E-state index contributed by atoms with van der Waals surface area (Å²) in [6.07, 6.45) is 8.55. The lowest BCUT2D eigenvalue weighted by molar-refractivity contribution is 0.245. The minimum absolute atomic E-state index is 0. The van der Waals surface area contributed by atoms with Crippen molar-refractivity contribution in [2.24, 2.45) is 16.8 Å². The van der Waals surface area contributed by atoms with Gasteiger partial charge in [-0.3, -0.25) is 4.99 Å². The van der Waals surface area contributed by atoms with Gasteiger partial charge in [-0.15, -0.1) is 24.0 Å². The molecule has 1 rings (SSSR count). The van der Waals surface area contributed by atoms with Crippen LogP contribution in [0.15, 0.2) is 17.1 Å². The maximum Gasteiger partial charge on any atom is 0.191 e. The van der Waals surface area contributed by atoms with Crippen LogP contribution >= 0.6 is 24.0 Å². The zero-order chi connectivity index (χ0) is 14.8. The van der Waals surface area contributed by atoms with Crippen molar-refractivity contribution in [3.05, 3.63) is 12.2 Å². The Morgan fingerprint density at radius 2 is 2.00 bits per heavy atom. The van der Waals surface area contributed by atoms with Crippen molar-refractivity contribution in [3.63, 3.8) is 0 Å². The van der Waals surface area contributed by atoms with Gasteiger partial charge in [-0.1, -0.05) is 26.0 Å². The number of hydrogen-bond acceptors (Lipinski definition) is 2. The van der Waals surface area contributed by atoms with Gasteiger partial charge in [0.25, 0.3) is 0 Å². The van der Waals surface area contributed by atoms with E-state index in [9.17, 15) is 0 Å². The standard InChI is InChI=1S/C16H31N3O.HI/c1-4-17-16(19-15-7-5-6-8-15)18-12-14(9-10-20)11-13(2)3;/h5-6,13-15,20H,4,7-12H2,1-3H3,(H2,17,18,19);1H. The SMILES string of the molecule is CCNC(=NCC(CCO)CC(C)C)NC1CC=CC1.I. The average Bonchev–Trinajstić information content (AvgIpc) is 2.88. The van der Waals surface area contributed by atoms with E-state index in [1.165, 1.54) is 0 Å². The van der Waals surface area contributed by atoms with Crippen LogP contribution in [-0.2, 0) is 0 Å². The van der Waals surface area contributed by atoms with Crippen LogP contribution in [0, 0.1) is 11.8 Å². The first-order chi connectivity index (χ1) is 9.65. The Labute approximate surface area is 146 Å². The lowest BCUT2D eigenvalue weighted by Gasteiger charge is -2.19. The molecule has 0 aromatic heterocycles. The van der Waals surface area contributed by atoms with Crippen LogP contribution in [0.5, 0.6) is 0 Å². The summed E-state index contributed by atoms with van der Waals surface area (Å²) in [5.41, 5.74) is 0. The van der Waals surface area contributed by atoms with Gasteiger partial charge in [0.2, 0.25) is 0 Å². The van der Waals surface area contributed by atoms with Crippen molar-refractivity contribution in [1.82, 2.24) is 10.6 Å². The molecule has 5 heteroatoms. The molecular weight excluding hydrogens is 377 g/mol. The number of aliphatic imine (C=N–C) groups is 1. The highest BCUT2D eigenvalue weighted by Crippen LogP contribution is 2.15. The second-order valence-corrected chi connectivity index (χ2v) is 6.01. The van der Waals surface area contributed by atoms with Crippen LogP contribution in [0.4, 0.5) is 0 Å². The van der Waals surface area contributed by atoms with Crippen LogP contribution < -0.4 is 10.6 Å². The zero-order valence-corrected chi connectivity index (χ0v) is 16.0. The molecule has 0 amide bonds. The quantitative estimate of drug-likeness (QED) is 0.250.